The molecule has 98 valence electrons. The Balaban J connectivity index is 1.93. The second-order valence-electron chi connectivity index (χ2n) is 4.12. The zero-order chi connectivity index (χ0) is 13.0. The van der Waals surface area contributed by atoms with Crippen molar-refractivity contribution in [2.45, 2.75) is 12.6 Å². The summed E-state index contributed by atoms with van der Waals surface area (Å²) in [5.41, 5.74) is 6.31. The summed E-state index contributed by atoms with van der Waals surface area (Å²) in [7, 11) is 1.56. The van der Waals surface area contributed by atoms with Crippen LogP contribution in [0.25, 0.3) is 0 Å². The van der Waals surface area contributed by atoms with Crippen molar-refractivity contribution in [3.8, 4) is 5.88 Å². The topological polar surface area (TPSA) is 97.4 Å². The van der Waals surface area contributed by atoms with Gasteiger partial charge < -0.3 is 15.2 Å². The number of aromatic nitrogens is 2. The van der Waals surface area contributed by atoms with Gasteiger partial charge in [-0.1, -0.05) is 0 Å². The molecule has 0 amide bonds. The predicted molar refractivity (Wildman–Crippen MR) is 65.5 cm³/mol. The van der Waals surface area contributed by atoms with E-state index in [9.17, 15) is 0 Å². The van der Waals surface area contributed by atoms with Crippen molar-refractivity contribution in [1.29, 1.82) is 5.41 Å². The number of nitrogens with two attached hydrogens (primary N) is 1. The molecule has 0 spiro atoms. The Bertz CT molecular complexity index is 408. The summed E-state index contributed by atoms with van der Waals surface area (Å²) in [4.78, 5) is 2.14. The Morgan fingerprint density at radius 2 is 2.44 bits per heavy atom. The van der Waals surface area contributed by atoms with Crippen molar-refractivity contribution in [2.75, 3.05) is 26.8 Å². The van der Waals surface area contributed by atoms with Crippen molar-refractivity contribution in [1.82, 2.24) is 15.1 Å². The fraction of sp³-hybridized carbons (Fsp3) is 0.545. The summed E-state index contributed by atoms with van der Waals surface area (Å²) >= 11 is 0. The lowest BCUT2D eigenvalue weighted by Crippen LogP contribution is -2.47. The van der Waals surface area contributed by atoms with Gasteiger partial charge in [0.15, 0.2) is 0 Å². The molecule has 0 radical (unpaired) electrons. The van der Waals surface area contributed by atoms with Gasteiger partial charge in [-0.2, -0.15) is 5.10 Å². The molecule has 2 rings (SSSR count). The first-order valence-corrected chi connectivity index (χ1v) is 5.73. The molecule has 7 heteroatoms. The molecule has 3 N–H and O–H groups in total. The quantitative estimate of drug-likeness (QED) is 0.559. The largest absolute Gasteiger partial charge is 0.480 e. The lowest BCUT2D eigenvalue weighted by Gasteiger charge is -2.31. The van der Waals surface area contributed by atoms with E-state index in [1.165, 1.54) is 0 Å². The predicted octanol–water partition coefficient (Wildman–Crippen LogP) is -0.378. The van der Waals surface area contributed by atoms with E-state index >= 15 is 0 Å². The molecule has 0 saturated carbocycles. The van der Waals surface area contributed by atoms with Crippen molar-refractivity contribution >= 4 is 5.84 Å². The molecular formula is C11H17N5O2. The Kier molecular flexibility index (Phi) is 4.06. The minimum absolute atomic E-state index is 0.0699. The molecule has 2 heterocycles. The third-order valence-electron chi connectivity index (χ3n) is 2.79. The maximum absolute atomic E-state index is 7.39. The number of rotatable bonds is 4. The highest BCUT2D eigenvalue weighted by atomic mass is 16.5. The molecule has 1 aromatic heterocycles. The number of nitrogens with zero attached hydrogens (tertiary/aromatic N) is 3. The lowest BCUT2D eigenvalue weighted by molar-refractivity contribution is 0.00181. The summed E-state index contributed by atoms with van der Waals surface area (Å²) in [5, 5.41) is 15.4. The van der Waals surface area contributed by atoms with Gasteiger partial charge in [0, 0.05) is 25.7 Å². The molecule has 1 saturated heterocycles. The van der Waals surface area contributed by atoms with Gasteiger partial charge in [0.1, 0.15) is 11.9 Å². The minimum Gasteiger partial charge on any atom is -0.480 e. The maximum atomic E-state index is 7.39. The summed E-state index contributed by atoms with van der Waals surface area (Å²) in [6.07, 6.45) is -0.315. The van der Waals surface area contributed by atoms with Gasteiger partial charge in [-0.3, -0.25) is 10.3 Å². The summed E-state index contributed by atoms with van der Waals surface area (Å²) in [6, 6.07) is 3.66. The summed E-state index contributed by atoms with van der Waals surface area (Å²) < 4.78 is 10.4. The van der Waals surface area contributed by atoms with Crippen molar-refractivity contribution in [3.63, 3.8) is 0 Å². The van der Waals surface area contributed by atoms with E-state index in [1.54, 1.807) is 13.2 Å². The fourth-order valence-corrected chi connectivity index (χ4v) is 1.80. The van der Waals surface area contributed by atoms with Crippen molar-refractivity contribution in [2.24, 2.45) is 5.73 Å². The van der Waals surface area contributed by atoms with Gasteiger partial charge in [0.2, 0.25) is 5.88 Å². The third-order valence-corrected chi connectivity index (χ3v) is 2.79. The van der Waals surface area contributed by atoms with Crippen LogP contribution in [0.2, 0.25) is 0 Å². The van der Waals surface area contributed by atoms with Gasteiger partial charge in [0.05, 0.1) is 19.4 Å². The minimum atomic E-state index is -0.315. The van der Waals surface area contributed by atoms with E-state index in [1.807, 2.05) is 6.07 Å². The third kappa shape index (κ3) is 3.14. The van der Waals surface area contributed by atoms with Crippen LogP contribution in [0.15, 0.2) is 12.1 Å². The number of amidine groups is 1. The molecule has 0 aromatic carbocycles. The second-order valence-corrected chi connectivity index (χ2v) is 4.12. The van der Waals surface area contributed by atoms with Gasteiger partial charge in [-0.25, -0.2) is 0 Å². The Hall–Kier alpha value is -1.73. The highest BCUT2D eigenvalue weighted by Crippen LogP contribution is 2.10. The number of methoxy groups -OCH3 is 1. The molecule has 1 aromatic rings. The van der Waals surface area contributed by atoms with Crippen LogP contribution in [0, 0.1) is 5.41 Å². The highest BCUT2D eigenvalue weighted by Gasteiger charge is 2.22. The number of morpholine rings is 1. The van der Waals surface area contributed by atoms with Gasteiger partial charge in [-0.05, 0) is 6.07 Å². The van der Waals surface area contributed by atoms with Crippen LogP contribution in [0.3, 0.4) is 0 Å². The van der Waals surface area contributed by atoms with Crippen LogP contribution < -0.4 is 10.5 Å². The monoisotopic (exact) mass is 251 g/mol. The molecule has 0 aliphatic carbocycles. The number of hydrogen-bond acceptors (Lipinski definition) is 6. The van der Waals surface area contributed by atoms with Crippen LogP contribution in [-0.4, -0.2) is 53.8 Å². The zero-order valence-electron chi connectivity index (χ0n) is 10.3. The summed E-state index contributed by atoms with van der Waals surface area (Å²) in [6.45, 7) is 2.67. The van der Waals surface area contributed by atoms with Crippen LogP contribution in [0.4, 0.5) is 0 Å². The second kappa shape index (κ2) is 5.74. The molecule has 0 bridgehead atoms. The fourth-order valence-electron chi connectivity index (χ4n) is 1.80. The Labute approximate surface area is 105 Å². The van der Waals surface area contributed by atoms with E-state index in [0.717, 1.165) is 12.2 Å². The van der Waals surface area contributed by atoms with E-state index in [-0.39, 0.29) is 11.9 Å². The van der Waals surface area contributed by atoms with Crippen LogP contribution >= 0.6 is 0 Å². The smallest absolute Gasteiger partial charge is 0.233 e. The molecule has 18 heavy (non-hydrogen) atoms. The first-order valence-electron chi connectivity index (χ1n) is 5.73. The zero-order valence-corrected chi connectivity index (χ0v) is 10.3. The SMILES string of the molecule is COc1ccc(CN2CCOC(C(=N)N)C2)nn1. The normalized spacial score (nSPS) is 20.6. The van der Waals surface area contributed by atoms with Crippen LogP contribution in [0.1, 0.15) is 5.69 Å². The molecular weight excluding hydrogens is 234 g/mol. The lowest BCUT2D eigenvalue weighted by atomic mass is 10.2. The average molecular weight is 251 g/mol. The van der Waals surface area contributed by atoms with Crippen molar-refractivity contribution < 1.29 is 9.47 Å². The molecule has 1 aliphatic rings. The number of ether oxygens (including phenoxy) is 2. The van der Waals surface area contributed by atoms with Gasteiger partial charge >= 0.3 is 0 Å². The molecule has 7 nitrogen and oxygen atoms in total. The Morgan fingerprint density at radius 1 is 1.61 bits per heavy atom. The van der Waals surface area contributed by atoms with E-state index in [0.29, 0.717) is 25.6 Å². The standard InChI is InChI=1S/C11H17N5O2/c1-17-10-3-2-8(14-15-10)6-16-4-5-18-9(7-16)11(12)13/h2-3,9H,4-7H2,1H3,(H3,12,13). The Morgan fingerprint density at radius 3 is 3.06 bits per heavy atom. The highest BCUT2D eigenvalue weighted by molar-refractivity contribution is 5.82. The van der Waals surface area contributed by atoms with Crippen LogP contribution in [-0.2, 0) is 11.3 Å². The maximum Gasteiger partial charge on any atom is 0.233 e. The molecule has 1 aliphatic heterocycles. The summed E-state index contributed by atoms with van der Waals surface area (Å²) in [5.74, 6) is 0.572. The van der Waals surface area contributed by atoms with Gasteiger partial charge in [-0.15, -0.1) is 5.10 Å². The first kappa shape index (κ1) is 12.7. The number of hydrogen-bond donors (Lipinski definition) is 2. The van der Waals surface area contributed by atoms with E-state index in [2.05, 4.69) is 15.1 Å². The average Bonchev–Trinajstić information content (AvgIpc) is 2.40. The molecule has 1 atom stereocenters. The van der Waals surface area contributed by atoms with Crippen molar-refractivity contribution in [3.05, 3.63) is 17.8 Å². The van der Waals surface area contributed by atoms with E-state index < -0.39 is 0 Å². The first-order chi connectivity index (χ1) is 8.69. The van der Waals surface area contributed by atoms with E-state index in [4.69, 9.17) is 20.6 Å². The van der Waals surface area contributed by atoms with Gasteiger partial charge in [0.25, 0.3) is 0 Å². The molecule has 1 fully saturated rings. The van der Waals surface area contributed by atoms with Crippen LogP contribution in [0.5, 0.6) is 5.88 Å². The number of nitrogens with one attached hydrogen (secondary N) is 1. The molecule has 1 unspecified atom stereocenters.